The van der Waals surface area contributed by atoms with E-state index in [4.69, 9.17) is 5.73 Å². The Labute approximate surface area is 92.0 Å². The summed E-state index contributed by atoms with van der Waals surface area (Å²) in [5.41, 5.74) is 9.90. The molecule has 2 N–H and O–H groups in total. The zero-order chi connectivity index (χ0) is 10.5. The van der Waals surface area contributed by atoms with Crippen LogP contribution in [-0.4, -0.2) is 6.54 Å². The van der Waals surface area contributed by atoms with Crippen LogP contribution in [0.3, 0.4) is 0 Å². The van der Waals surface area contributed by atoms with Gasteiger partial charge in [-0.1, -0.05) is 30.3 Å². The van der Waals surface area contributed by atoms with Gasteiger partial charge in [0.1, 0.15) is 0 Å². The second kappa shape index (κ2) is 5.13. The van der Waals surface area contributed by atoms with E-state index in [2.05, 4.69) is 30.3 Å². The van der Waals surface area contributed by atoms with E-state index in [0.29, 0.717) is 0 Å². The first-order valence-electron chi connectivity index (χ1n) is 5.88. The zero-order valence-corrected chi connectivity index (χ0v) is 9.21. The molecule has 80 valence electrons. The Bertz CT molecular complexity index is 352. The highest BCUT2D eigenvalue weighted by Gasteiger charge is 2.06. The molecule has 1 aliphatic carbocycles. The molecule has 1 aromatic carbocycles. The van der Waals surface area contributed by atoms with E-state index >= 15 is 0 Å². The maximum atomic E-state index is 5.53. The van der Waals surface area contributed by atoms with E-state index in [-0.39, 0.29) is 0 Å². The number of aryl methyl sites for hydroxylation is 1. The molecule has 1 heteroatoms. The van der Waals surface area contributed by atoms with E-state index in [1.165, 1.54) is 36.0 Å². The zero-order valence-electron chi connectivity index (χ0n) is 9.21. The summed E-state index contributed by atoms with van der Waals surface area (Å²) in [5, 5.41) is 0. The predicted molar refractivity (Wildman–Crippen MR) is 65.6 cm³/mol. The first-order chi connectivity index (χ1) is 7.40. The number of hydrogen-bond acceptors (Lipinski definition) is 1. The average Bonchev–Trinajstić information content (AvgIpc) is 2.80. The molecule has 0 atom stereocenters. The molecule has 0 spiro atoms. The van der Waals surface area contributed by atoms with Gasteiger partial charge < -0.3 is 5.73 Å². The number of benzene rings is 1. The molecule has 0 fully saturated rings. The average molecular weight is 201 g/mol. The van der Waals surface area contributed by atoms with Gasteiger partial charge in [-0.05, 0) is 55.3 Å². The molecule has 1 aliphatic rings. The standard InChI is InChI=1S/C14H19N/c15-10-4-6-12-5-3-9-14(11-12)13-7-1-2-8-13/h3,5,7,9,11H,1-2,4,6,8,10,15H2. The van der Waals surface area contributed by atoms with Crippen LogP contribution < -0.4 is 5.73 Å². The van der Waals surface area contributed by atoms with E-state index in [1.54, 1.807) is 0 Å². The van der Waals surface area contributed by atoms with Gasteiger partial charge in [0.2, 0.25) is 0 Å². The van der Waals surface area contributed by atoms with Gasteiger partial charge in [-0.3, -0.25) is 0 Å². The molecule has 0 saturated carbocycles. The Hall–Kier alpha value is -1.08. The second-order valence-electron chi connectivity index (χ2n) is 4.21. The Kier molecular flexibility index (Phi) is 3.57. The minimum Gasteiger partial charge on any atom is -0.330 e. The van der Waals surface area contributed by atoms with Crippen LogP contribution in [-0.2, 0) is 6.42 Å². The summed E-state index contributed by atoms with van der Waals surface area (Å²) >= 11 is 0. The van der Waals surface area contributed by atoms with Crippen molar-refractivity contribution in [3.63, 3.8) is 0 Å². The van der Waals surface area contributed by atoms with Crippen LogP contribution in [0.5, 0.6) is 0 Å². The number of rotatable bonds is 4. The highest BCUT2D eigenvalue weighted by Crippen LogP contribution is 2.27. The molecule has 1 aromatic rings. The second-order valence-corrected chi connectivity index (χ2v) is 4.21. The van der Waals surface area contributed by atoms with Gasteiger partial charge in [0, 0.05) is 0 Å². The van der Waals surface area contributed by atoms with Crippen molar-refractivity contribution in [3.05, 3.63) is 41.5 Å². The first kappa shape index (κ1) is 10.4. The molecule has 0 unspecified atom stereocenters. The lowest BCUT2D eigenvalue weighted by atomic mass is 10.0. The summed E-state index contributed by atoms with van der Waals surface area (Å²) in [6, 6.07) is 8.92. The molecule has 0 amide bonds. The molecular weight excluding hydrogens is 182 g/mol. The monoisotopic (exact) mass is 201 g/mol. The predicted octanol–water partition coefficient (Wildman–Crippen LogP) is 3.15. The number of allylic oxidation sites excluding steroid dienone is 2. The lowest BCUT2D eigenvalue weighted by molar-refractivity contribution is 0.832. The maximum Gasteiger partial charge on any atom is -0.00741 e. The van der Waals surface area contributed by atoms with Crippen molar-refractivity contribution in [2.45, 2.75) is 32.1 Å². The molecule has 0 bridgehead atoms. The Balaban J connectivity index is 2.11. The van der Waals surface area contributed by atoms with Gasteiger partial charge >= 0.3 is 0 Å². The summed E-state index contributed by atoms with van der Waals surface area (Å²) < 4.78 is 0. The van der Waals surface area contributed by atoms with E-state index in [1.807, 2.05) is 0 Å². The van der Waals surface area contributed by atoms with Crippen molar-refractivity contribution in [1.29, 1.82) is 0 Å². The van der Waals surface area contributed by atoms with Crippen molar-refractivity contribution in [1.82, 2.24) is 0 Å². The normalized spacial score (nSPS) is 15.4. The fraction of sp³-hybridized carbons (Fsp3) is 0.429. The van der Waals surface area contributed by atoms with Crippen molar-refractivity contribution in [3.8, 4) is 0 Å². The fourth-order valence-electron chi connectivity index (χ4n) is 2.17. The Morgan fingerprint density at radius 3 is 2.93 bits per heavy atom. The summed E-state index contributed by atoms with van der Waals surface area (Å²) in [5.74, 6) is 0. The van der Waals surface area contributed by atoms with Crippen molar-refractivity contribution >= 4 is 5.57 Å². The molecule has 0 aromatic heterocycles. The summed E-state index contributed by atoms with van der Waals surface area (Å²) in [4.78, 5) is 0. The number of hydrogen-bond donors (Lipinski definition) is 1. The minimum atomic E-state index is 0.785. The lowest BCUT2D eigenvalue weighted by Gasteiger charge is -2.05. The molecule has 0 radical (unpaired) electrons. The molecule has 1 nitrogen and oxygen atoms in total. The number of nitrogens with two attached hydrogens (primary N) is 1. The van der Waals surface area contributed by atoms with Crippen LogP contribution in [0.25, 0.3) is 5.57 Å². The van der Waals surface area contributed by atoms with Gasteiger partial charge in [-0.25, -0.2) is 0 Å². The highest BCUT2D eigenvalue weighted by atomic mass is 14.5. The summed E-state index contributed by atoms with van der Waals surface area (Å²) in [6.45, 7) is 0.785. The maximum absolute atomic E-state index is 5.53. The van der Waals surface area contributed by atoms with Crippen LogP contribution in [0, 0.1) is 0 Å². The molecule has 0 aliphatic heterocycles. The third-order valence-electron chi connectivity index (χ3n) is 3.01. The third kappa shape index (κ3) is 2.69. The fourth-order valence-corrected chi connectivity index (χ4v) is 2.17. The Morgan fingerprint density at radius 1 is 1.27 bits per heavy atom. The van der Waals surface area contributed by atoms with Crippen LogP contribution in [0.15, 0.2) is 30.3 Å². The quantitative estimate of drug-likeness (QED) is 0.795. The first-order valence-corrected chi connectivity index (χ1v) is 5.88. The van der Waals surface area contributed by atoms with Crippen LogP contribution in [0.1, 0.15) is 36.8 Å². The van der Waals surface area contributed by atoms with Crippen LogP contribution in [0.2, 0.25) is 0 Å². The van der Waals surface area contributed by atoms with E-state index < -0.39 is 0 Å². The molecule has 15 heavy (non-hydrogen) atoms. The van der Waals surface area contributed by atoms with Crippen LogP contribution >= 0.6 is 0 Å². The minimum absolute atomic E-state index is 0.785. The van der Waals surface area contributed by atoms with E-state index in [9.17, 15) is 0 Å². The van der Waals surface area contributed by atoms with E-state index in [0.717, 1.165) is 19.4 Å². The largest absolute Gasteiger partial charge is 0.330 e. The lowest BCUT2D eigenvalue weighted by Crippen LogP contribution is -2.00. The smallest absolute Gasteiger partial charge is 0.00741 e. The van der Waals surface area contributed by atoms with Gasteiger partial charge in [0.25, 0.3) is 0 Å². The van der Waals surface area contributed by atoms with Crippen molar-refractivity contribution in [2.75, 3.05) is 6.54 Å². The van der Waals surface area contributed by atoms with Crippen molar-refractivity contribution < 1.29 is 0 Å². The third-order valence-corrected chi connectivity index (χ3v) is 3.01. The summed E-state index contributed by atoms with van der Waals surface area (Å²) in [6.07, 6.45) is 8.40. The van der Waals surface area contributed by atoms with Crippen LogP contribution in [0.4, 0.5) is 0 Å². The molecule has 2 rings (SSSR count). The molecule has 0 saturated heterocycles. The highest BCUT2D eigenvalue weighted by molar-refractivity contribution is 5.67. The van der Waals surface area contributed by atoms with Gasteiger partial charge in [0.15, 0.2) is 0 Å². The SMILES string of the molecule is NCCCc1cccc(C2=CCCC2)c1. The topological polar surface area (TPSA) is 26.0 Å². The summed E-state index contributed by atoms with van der Waals surface area (Å²) in [7, 11) is 0. The van der Waals surface area contributed by atoms with Gasteiger partial charge in [-0.15, -0.1) is 0 Å². The molecular formula is C14H19N. The van der Waals surface area contributed by atoms with Gasteiger partial charge in [0.05, 0.1) is 0 Å². The molecule has 0 heterocycles. The van der Waals surface area contributed by atoms with Gasteiger partial charge in [-0.2, -0.15) is 0 Å². The Morgan fingerprint density at radius 2 is 2.20 bits per heavy atom. The van der Waals surface area contributed by atoms with Crippen molar-refractivity contribution in [2.24, 2.45) is 5.73 Å².